The number of benzene rings is 2. The van der Waals surface area contributed by atoms with Gasteiger partial charge in [-0.2, -0.15) is 0 Å². The first-order valence-electron chi connectivity index (χ1n) is 5.46. The summed E-state index contributed by atoms with van der Waals surface area (Å²) in [6.45, 7) is 0. The second-order valence-electron chi connectivity index (χ2n) is 3.92. The van der Waals surface area contributed by atoms with E-state index in [1.54, 1.807) is 11.8 Å². The fourth-order valence-corrected chi connectivity index (χ4v) is 2.24. The summed E-state index contributed by atoms with van der Waals surface area (Å²) in [5, 5.41) is 0. The SMILES string of the molecule is CSc1cccc(C(N)c2cc(F)ccc2F)c1. The lowest BCUT2D eigenvalue weighted by Crippen LogP contribution is -2.14. The molecular weight excluding hydrogens is 252 g/mol. The van der Waals surface area contributed by atoms with Gasteiger partial charge >= 0.3 is 0 Å². The molecule has 2 aromatic rings. The normalized spacial score (nSPS) is 12.4. The van der Waals surface area contributed by atoms with Gasteiger partial charge in [-0.3, -0.25) is 0 Å². The highest BCUT2D eigenvalue weighted by Crippen LogP contribution is 2.25. The summed E-state index contributed by atoms with van der Waals surface area (Å²) in [5.41, 5.74) is 6.94. The van der Waals surface area contributed by atoms with Crippen LogP contribution in [0.2, 0.25) is 0 Å². The fourth-order valence-electron chi connectivity index (χ4n) is 1.77. The molecule has 0 heterocycles. The molecule has 18 heavy (non-hydrogen) atoms. The van der Waals surface area contributed by atoms with Gasteiger partial charge in [0.1, 0.15) is 11.6 Å². The molecule has 1 atom stereocenters. The molecule has 0 aliphatic carbocycles. The number of hydrogen-bond acceptors (Lipinski definition) is 2. The third-order valence-corrected chi connectivity index (χ3v) is 3.47. The van der Waals surface area contributed by atoms with Gasteiger partial charge < -0.3 is 5.73 Å². The predicted octanol–water partition coefficient (Wildman–Crippen LogP) is 3.73. The van der Waals surface area contributed by atoms with E-state index in [2.05, 4.69) is 0 Å². The summed E-state index contributed by atoms with van der Waals surface area (Å²) in [6, 6.07) is 10.2. The summed E-state index contributed by atoms with van der Waals surface area (Å²) in [5.74, 6) is -0.971. The molecule has 94 valence electrons. The number of halogens is 2. The van der Waals surface area contributed by atoms with E-state index in [-0.39, 0.29) is 5.56 Å². The van der Waals surface area contributed by atoms with Crippen LogP contribution in [0.4, 0.5) is 8.78 Å². The van der Waals surface area contributed by atoms with Gasteiger partial charge in [-0.25, -0.2) is 8.78 Å². The topological polar surface area (TPSA) is 26.0 Å². The Morgan fingerprint density at radius 3 is 2.61 bits per heavy atom. The molecule has 1 unspecified atom stereocenters. The van der Waals surface area contributed by atoms with E-state index in [1.165, 1.54) is 0 Å². The van der Waals surface area contributed by atoms with Gasteiger partial charge in [0.05, 0.1) is 6.04 Å². The van der Waals surface area contributed by atoms with Crippen LogP contribution in [0.3, 0.4) is 0 Å². The second-order valence-corrected chi connectivity index (χ2v) is 4.80. The molecule has 2 aromatic carbocycles. The number of thioether (sulfide) groups is 1. The highest BCUT2D eigenvalue weighted by atomic mass is 32.2. The fraction of sp³-hybridized carbons (Fsp3) is 0.143. The summed E-state index contributed by atoms with van der Waals surface area (Å²) in [6.07, 6.45) is 1.95. The Hall–Kier alpha value is -1.39. The maximum atomic E-state index is 13.6. The van der Waals surface area contributed by atoms with Crippen LogP contribution < -0.4 is 5.73 Å². The van der Waals surface area contributed by atoms with Gasteiger partial charge in [-0.15, -0.1) is 11.8 Å². The second kappa shape index (κ2) is 5.50. The standard InChI is InChI=1S/C14H13F2NS/c1-18-11-4-2-3-9(7-11)14(17)12-8-10(15)5-6-13(12)16/h2-8,14H,17H2,1H3. The minimum atomic E-state index is -0.659. The minimum absolute atomic E-state index is 0.174. The van der Waals surface area contributed by atoms with Crippen molar-refractivity contribution in [3.63, 3.8) is 0 Å². The van der Waals surface area contributed by atoms with Gasteiger partial charge in [-0.1, -0.05) is 12.1 Å². The first-order chi connectivity index (χ1) is 8.61. The Balaban J connectivity index is 2.40. The molecular formula is C14H13F2NS. The number of hydrogen-bond donors (Lipinski definition) is 1. The Bertz CT molecular complexity index is 557. The Labute approximate surface area is 109 Å². The zero-order valence-electron chi connectivity index (χ0n) is 9.86. The van der Waals surface area contributed by atoms with Crippen LogP contribution in [0.15, 0.2) is 47.4 Å². The Morgan fingerprint density at radius 1 is 1.11 bits per heavy atom. The third-order valence-electron chi connectivity index (χ3n) is 2.75. The van der Waals surface area contributed by atoms with Crippen molar-refractivity contribution in [3.05, 3.63) is 65.2 Å². The van der Waals surface area contributed by atoms with Crippen molar-refractivity contribution in [2.75, 3.05) is 6.26 Å². The quantitative estimate of drug-likeness (QED) is 0.856. The lowest BCUT2D eigenvalue weighted by molar-refractivity contribution is 0.576. The maximum Gasteiger partial charge on any atom is 0.128 e. The van der Waals surface area contributed by atoms with Gasteiger partial charge in [-0.05, 0) is 42.2 Å². The molecule has 2 N–H and O–H groups in total. The highest BCUT2D eigenvalue weighted by molar-refractivity contribution is 7.98. The van der Waals surface area contributed by atoms with Gasteiger partial charge in [0, 0.05) is 10.5 Å². The van der Waals surface area contributed by atoms with E-state index in [9.17, 15) is 8.78 Å². The van der Waals surface area contributed by atoms with Crippen LogP contribution in [0, 0.1) is 11.6 Å². The predicted molar refractivity (Wildman–Crippen MR) is 70.6 cm³/mol. The summed E-state index contributed by atoms with van der Waals surface area (Å²) >= 11 is 1.58. The lowest BCUT2D eigenvalue weighted by atomic mass is 9.99. The largest absolute Gasteiger partial charge is 0.320 e. The molecule has 0 aliphatic heterocycles. The zero-order chi connectivity index (χ0) is 13.1. The van der Waals surface area contributed by atoms with E-state index in [0.717, 1.165) is 28.7 Å². The Kier molecular flexibility index (Phi) is 3.99. The van der Waals surface area contributed by atoms with Gasteiger partial charge in [0.2, 0.25) is 0 Å². The van der Waals surface area contributed by atoms with Crippen LogP contribution in [-0.2, 0) is 0 Å². The average molecular weight is 265 g/mol. The first-order valence-corrected chi connectivity index (χ1v) is 6.69. The molecule has 0 saturated carbocycles. The van der Waals surface area contributed by atoms with Gasteiger partial charge in [0.25, 0.3) is 0 Å². The highest BCUT2D eigenvalue weighted by Gasteiger charge is 2.14. The van der Waals surface area contributed by atoms with Crippen LogP contribution in [0.5, 0.6) is 0 Å². The summed E-state index contributed by atoms with van der Waals surface area (Å²) < 4.78 is 26.8. The molecule has 0 bridgehead atoms. The molecule has 0 spiro atoms. The van der Waals surface area contributed by atoms with E-state index < -0.39 is 17.7 Å². The van der Waals surface area contributed by atoms with Gasteiger partial charge in [0.15, 0.2) is 0 Å². The summed E-state index contributed by atoms with van der Waals surface area (Å²) in [7, 11) is 0. The third kappa shape index (κ3) is 2.71. The van der Waals surface area contributed by atoms with Crippen molar-refractivity contribution in [1.29, 1.82) is 0 Å². The zero-order valence-corrected chi connectivity index (χ0v) is 10.7. The van der Waals surface area contributed by atoms with Crippen LogP contribution in [0.1, 0.15) is 17.2 Å². The Morgan fingerprint density at radius 2 is 1.89 bits per heavy atom. The lowest BCUT2D eigenvalue weighted by Gasteiger charge is -2.14. The first kappa shape index (κ1) is 13.1. The number of rotatable bonds is 3. The molecule has 2 rings (SSSR count). The van der Waals surface area contributed by atoms with Crippen molar-refractivity contribution in [2.45, 2.75) is 10.9 Å². The van der Waals surface area contributed by atoms with Crippen molar-refractivity contribution in [3.8, 4) is 0 Å². The smallest absolute Gasteiger partial charge is 0.128 e. The maximum absolute atomic E-state index is 13.6. The molecule has 0 aromatic heterocycles. The van der Waals surface area contributed by atoms with Crippen molar-refractivity contribution in [2.24, 2.45) is 5.73 Å². The van der Waals surface area contributed by atoms with Crippen LogP contribution in [0.25, 0.3) is 0 Å². The molecule has 1 nitrogen and oxygen atoms in total. The van der Waals surface area contributed by atoms with Crippen molar-refractivity contribution in [1.82, 2.24) is 0 Å². The van der Waals surface area contributed by atoms with Crippen molar-refractivity contribution >= 4 is 11.8 Å². The van der Waals surface area contributed by atoms with E-state index in [4.69, 9.17) is 5.73 Å². The monoisotopic (exact) mass is 265 g/mol. The summed E-state index contributed by atoms with van der Waals surface area (Å²) in [4.78, 5) is 1.04. The minimum Gasteiger partial charge on any atom is -0.320 e. The molecule has 0 amide bonds. The molecule has 0 fully saturated rings. The molecule has 0 saturated heterocycles. The van der Waals surface area contributed by atoms with E-state index in [0.29, 0.717) is 0 Å². The average Bonchev–Trinajstić information content (AvgIpc) is 2.41. The molecule has 0 aliphatic rings. The van der Waals surface area contributed by atoms with Crippen LogP contribution in [-0.4, -0.2) is 6.26 Å². The van der Waals surface area contributed by atoms with E-state index >= 15 is 0 Å². The number of nitrogens with two attached hydrogens (primary N) is 1. The molecule has 4 heteroatoms. The van der Waals surface area contributed by atoms with E-state index in [1.807, 2.05) is 30.5 Å². The van der Waals surface area contributed by atoms with Crippen LogP contribution >= 0.6 is 11.8 Å². The molecule has 0 radical (unpaired) electrons. The van der Waals surface area contributed by atoms with Crippen molar-refractivity contribution < 1.29 is 8.78 Å².